The average molecular weight is 296 g/mol. The summed E-state index contributed by atoms with van der Waals surface area (Å²) in [6.45, 7) is 4.71. The fourth-order valence-electron chi connectivity index (χ4n) is 3.00. The minimum absolute atomic E-state index is 0.177. The number of epoxide rings is 1. The second kappa shape index (κ2) is 1.82. The van der Waals surface area contributed by atoms with Crippen molar-refractivity contribution in [2.75, 3.05) is 0 Å². The molecule has 0 bridgehead atoms. The van der Waals surface area contributed by atoms with Crippen LogP contribution in [0.25, 0.3) is 0 Å². The third-order valence-electron chi connectivity index (χ3n) is 4.45. The predicted molar refractivity (Wildman–Crippen MR) is 54.7 cm³/mol. The highest BCUT2D eigenvalue weighted by Crippen LogP contribution is 2.86. The maximum atomic E-state index is 5.56. The van der Waals surface area contributed by atoms with Crippen molar-refractivity contribution < 1.29 is 4.74 Å². The Kier molecular flexibility index (Phi) is 1.25. The van der Waals surface area contributed by atoms with Gasteiger partial charge in [-0.1, -0.05) is 45.7 Å². The van der Waals surface area contributed by atoms with E-state index in [2.05, 4.69) is 45.7 Å². The van der Waals surface area contributed by atoms with Gasteiger partial charge in [0.2, 0.25) is 0 Å². The Morgan fingerprint density at radius 2 is 1.50 bits per heavy atom. The van der Waals surface area contributed by atoms with Crippen molar-refractivity contribution in [3.8, 4) is 0 Å². The Balaban J connectivity index is 2.00. The van der Waals surface area contributed by atoms with Crippen molar-refractivity contribution in [1.82, 2.24) is 0 Å². The van der Waals surface area contributed by atoms with Crippen LogP contribution in [0, 0.1) is 10.8 Å². The normalized spacial score (nSPS) is 65.0. The maximum absolute atomic E-state index is 5.56. The molecule has 4 atom stereocenters. The molecular formula is C9H12Br2O. The highest BCUT2D eigenvalue weighted by Gasteiger charge is 2.84. The van der Waals surface area contributed by atoms with Crippen LogP contribution >= 0.6 is 31.9 Å². The first-order chi connectivity index (χ1) is 5.42. The molecule has 0 spiro atoms. The van der Waals surface area contributed by atoms with Gasteiger partial charge >= 0.3 is 0 Å². The van der Waals surface area contributed by atoms with Crippen LogP contribution in [0.5, 0.6) is 0 Å². The maximum Gasteiger partial charge on any atom is 0.0925 e. The number of fused-ring (bicyclic) bond motifs is 2. The molecule has 1 heterocycles. The summed E-state index contributed by atoms with van der Waals surface area (Å²) < 4.78 is 5.74. The first kappa shape index (κ1) is 8.25. The molecule has 1 saturated heterocycles. The van der Waals surface area contributed by atoms with Gasteiger partial charge in [-0.2, -0.15) is 0 Å². The smallest absolute Gasteiger partial charge is 0.0925 e. The molecule has 1 nitrogen and oxygen atoms in total. The Labute approximate surface area is 89.5 Å². The second-order valence-corrected chi connectivity index (χ2v) is 8.30. The molecule has 68 valence electrons. The van der Waals surface area contributed by atoms with Crippen LogP contribution in [-0.2, 0) is 4.74 Å². The molecule has 0 amide bonds. The lowest BCUT2D eigenvalue weighted by molar-refractivity contribution is 0.309. The summed E-state index contributed by atoms with van der Waals surface area (Å²) in [6.07, 6.45) is 3.56. The quantitative estimate of drug-likeness (QED) is 0.494. The van der Waals surface area contributed by atoms with E-state index in [1.807, 2.05) is 0 Å². The highest BCUT2D eigenvalue weighted by molar-refractivity contribution is 9.25. The molecule has 2 aliphatic carbocycles. The molecule has 3 fully saturated rings. The highest BCUT2D eigenvalue weighted by atomic mass is 79.9. The van der Waals surface area contributed by atoms with Crippen LogP contribution in [0.1, 0.15) is 26.7 Å². The first-order valence-electron chi connectivity index (χ1n) is 4.46. The molecule has 0 aromatic carbocycles. The summed E-state index contributed by atoms with van der Waals surface area (Å²) in [5.41, 5.74) is 0.801. The minimum atomic E-state index is 0.177. The van der Waals surface area contributed by atoms with E-state index < -0.39 is 0 Å². The van der Waals surface area contributed by atoms with Gasteiger partial charge in [0.1, 0.15) is 0 Å². The van der Waals surface area contributed by atoms with Crippen LogP contribution in [0.4, 0.5) is 0 Å². The molecular weight excluding hydrogens is 284 g/mol. The van der Waals surface area contributed by atoms with E-state index in [9.17, 15) is 0 Å². The van der Waals surface area contributed by atoms with Gasteiger partial charge < -0.3 is 4.74 Å². The number of alkyl halides is 2. The van der Waals surface area contributed by atoms with Crippen LogP contribution in [0.3, 0.4) is 0 Å². The first-order valence-corrected chi connectivity index (χ1v) is 6.04. The Morgan fingerprint density at radius 1 is 1.08 bits per heavy atom. The largest absolute Gasteiger partial charge is 0.370 e. The standard InChI is InChI=1S/C9H12Br2O/c1-7-3-5-6(12-5)4-8(7,2)9(7,10)11/h5-6H,3-4H2,1-2H3/t5-,6+,7-,8-/m0/s1. The van der Waals surface area contributed by atoms with Crippen molar-refractivity contribution in [3.05, 3.63) is 0 Å². The Morgan fingerprint density at radius 3 is 1.92 bits per heavy atom. The van der Waals surface area contributed by atoms with Gasteiger partial charge in [-0.15, -0.1) is 0 Å². The zero-order valence-corrected chi connectivity index (χ0v) is 10.4. The summed E-state index contributed by atoms with van der Waals surface area (Å²) >= 11 is 7.60. The molecule has 0 unspecified atom stereocenters. The summed E-state index contributed by atoms with van der Waals surface area (Å²) in [6, 6.07) is 0. The van der Waals surface area contributed by atoms with Crippen LogP contribution in [0.15, 0.2) is 0 Å². The molecule has 1 aliphatic heterocycles. The number of hydrogen-bond acceptors (Lipinski definition) is 1. The van der Waals surface area contributed by atoms with Gasteiger partial charge in [0.25, 0.3) is 0 Å². The molecule has 3 aliphatic rings. The second-order valence-electron chi connectivity index (χ2n) is 4.86. The molecule has 2 saturated carbocycles. The number of rotatable bonds is 0. The molecule has 0 aromatic heterocycles. The number of halogens is 2. The SMILES string of the molecule is C[C@]12C[C@@H]3O[C@@H]3C[C@]1(C)C2(Br)Br. The van der Waals surface area contributed by atoms with Crippen LogP contribution < -0.4 is 0 Å². The van der Waals surface area contributed by atoms with Crippen LogP contribution in [0.2, 0.25) is 0 Å². The summed E-state index contributed by atoms with van der Waals surface area (Å²) in [5.74, 6) is 0. The van der Waals surface area contributed by atoms with E-state index in [4.69, 9.17) is 4.74 Å². The summed E-state index contributed by atoms with van der Waals surface area (Å²) in [7, 11) is 0. The Hall–Kier alpha value is 0.920. The topological polar surface area (TPSA) is 12.5 Å². The van der Waals surface area contributed by atoms with E-state index >= 15 is 0 Å². The Bertz CT molecular complexity index is 241. The molecule has 3 heteroatoms. The zero-order chi connectivity index (χ0) is 8.78. The van der Waals surface area contributed by atoms with Crippen molar-refractivity contribution in [1.29, 1.82) is 0 Å². The minimum Gasteiger partial charge on any atom is -0.370 e. The van der Waals surface area contributed by atoms with Crippen molar-refractivity contribution >= 4 is 31.9 Å². The van der Waals surface area contributed by atoms with Gasteiger partial charge in [0, 0.05) is 10.8 Å². The fourth-order valence-corrected chi connectivity index (χ4v) is 5.20. The fraction of sp³-hybridized carbons (Fsp3) is 1.00. The van der Waals surface area contributed by atoms with Crippen molar-refractivity contribution in [3.63, 3.8) is 0 Å². The monoisotopic (exact) mass is 294 g/mol. The third kappa shape index (κ3) is 0.612. The summed E-state index contributed by atoms with van der Waals surface area (Å²) in [5, 5.41) is 0. The average Bonchev–Trinajstić information content (AvgIpc) is 2.72. The zero-order valence-electron chi connectivity index (χ0n) is 7.23. The lowest BCUT2D eigenvalue weighted by Gasteiger charge is -2.19. The van der Waals surface area contributed by atoms with E-state index in [0.29, 0.717) is 23.0 Å². The van der Waals surface area contributed by atoms with E-state index in [1.54, 1.807) is 0 Å². The van der Waals surface area contributed by atoms with Crippen molar-refractivity contribution in [2.45, 2.75) is 42.1 Å². The number of ether oxygens (including phenoxy) is 1. The van der Waals surface area contributed by atoms with Gasteiger partial charge in [0.05, 0.1) is 15.4 Å². The van der Waals surface area contributed by atoms with Gasteiger partial charge in [-0.05, 0) is 12.8 Å². The molecule has 12 heavy (non-hydrogen) atoms. The molecule has 0 aromatic rings. The van der Waals surface area contributed by atoms with E-state index in [1.165, 1.54) is 12.8 Å². The van der Waals surface area contributed by atoms with E-state index in [-0.39, 0.29) is 3.23 Å². The lowest BCUT2D eigenvalue weighted by Crippen LogP contribution is -2.19. The number of hydrogen-bond donors (Lipinski definition) is 0. The molecule has 0 N–H and O–H groups in total. The van der Waals surface area contributed by atoms with Gasteiger partial charge in [-0.3, -0.25) is 0 Å². The van der Waals surface area contributed by atoms with Gasteiger partial charge in [-0.25, -0.2) is 0 Å². The third-order valence-corrected chi connectivity index (χ3v) is 7.95. The van der Waals surface area contributed by atoms with Crippen molar-refractivity contribution in [2.24, 2.45) is 10.8 Å². The summed E-state index contributed by atoms with van der Waals surface area (Å²) in [4.78, 5) is 0. The molecule has 3 rings (SSSR count). The molecule has 0 radical (unpaired) electrons. The van der Waals surface area contributed by atoms with Gasteiger partial charge in [0.15, 0.2) is 0 Å². The van der Waals surface area contributed by atoms with Crippen LogP contribution in [-0.4, -0.2) is 15.4 Å². The lowest BCUT2D eigenvalue weighted by atomic mass is 9.82. The predicted octanol–water partition coefficient (Wildman–Crippen LogP) is 3.06. The van der Waals surface area contributed by atoms with E-state index in [0.717, 1.165) is 0 Å².